The maximum Gasteiger partial charge on any atom is 0.243 e. The van der Waals surface area contributed by atoms with Crippen molar-refractivity contribution in [2.75, 3.05) is 13.1 Å². The monoisotopic (exact) mass is 467 g/mol. The van der Waals surface area contributed by atoms with E-state index in [0.29, 0.717) is 37.4 Å². The van der Waals surface area contributed by atoms with Gasteiger partial charge in [0.1, 0.15) is 0 Å². The number of aromatic amines is 1. The van der Waals surface area contributed by atoms with E-state index >= 15 is 0 Å². The molecular weight excluding hydrogens is 434 g/mol. The Kier molecular flexibility index (Phi) is 6.38. The van der Waals surface area contributed by atoms with Crippen LogP contribution in [0.2, 0.25) is 0 Å². The first-order valence-corrected chi connectivity index (χ1v) is 13.0. The second-order valence-corrected chi connectivity index (χ2v) is 11.3. The Morgan fingerprint density at radius 3 is 2.30 bits per heavy atom. The van der Waals surface area contributed by atoms with Gasteiger partial charge in [-0.1, -0.05) is 23.8 Å². The first kappa shape index (κ1) is 23.5. The highest BCUT2D eigenvalue weighted by Gasteiger charge is 2.33. The number of piperidine rings is 1. The summed E-state index contributed by atoms with van der Waals surface area (Å²) < 4.78 is 28.1. The Morgan fingerprint density at radius 2 is 1.67 bits per heavy atom. The van der Waals surface area contributed by atoms with Gasteiger partial charge >= 0.3 is 0 Å². The predicted octanol–water partition coefficient (Wildman–Crippen LogP) is 4.43. The molecule has 0 spiro atoms. The molecule has 1 fully saturated rings. The summed E-state index contributed by atoms with van der Waals surface area (Å²) in [5, 5.41) is 4.23. The zero-order valence-corrected chi connectivity index (χ0v) is 20.9. The molecule has 2 aromatic carbocycles. The Hall–Kier alpha value is -2.64. The summed E-state index contributed by atoms with van der Waals surface area (Å²) in [5.74, 6) is -0.173. The largest absolute Gasteiger partial charge is 0.358 e. The number of sulfonamides is 1. The molecule has 0 atom stereocenters. The molecule has 1 aromatic heterocycles. The van der Waals surface area contributed by atoms with Crippen molar-refractivity contribution in [3.8, 4) is 0 Å². The fourth-order valence-electron chi connectivity index (χ4n) is 5.01. The summed E-state index contributed by atoms with van der Waals surface area (Å²) in [4.78, 5) is 16.6. The van der Waals surface area contributed by atoms with Gasteiger partial charge in [0.05, 0.1) is 4.90 Å². The highest BCUT2D eigenvalue weighted by molar-refractivity contribution is 7.89. The number of H-pyrrole nitrogens is 1. The summed E-state index contributed by atoms with van der Waals surface area (Å²) in [6.07, 6.45) is 1.06. The van der Waals surface area contributed by atoms with Gasteiger partial charge in [-0.2, -0.15) is 4.31 Å². The highest BCUT2D eigenvalue weighted by Crippen LogP contribution is 2.29. The van der Waals surface area contributed by atoms with Crippen LogP contribution in [0.25, 0.3) is 10.9 Å². The topological polar surface area (TPSA) is 82.3 Å². The molecule has 0 bridgehead atoms. The van der Waals surface area contributed by atoms with Gasteiger partial charge in [0, 0.05) is 42.1 Å². The Morgan fingerprint density at radius 1 is 1.03 bits per heavy atom. The first-order chi connectivity index (χ1) is 15.6. The van der Waals surface area contributed by atoms with E-state index in [1.54, 1.807) is 0 Å². The molecule has 4 rings (SSSR count). The Labute approximate surface area is 196 Å². The van der Waals surface area contributed by atoms with E-state index < -0.39 is 10.0 Å². The van der Waals surface area contributed by atoms with Crippen molar-refractivity contribution in [1.82, 2.24) is 14.6 Å². The minimum Gasteiger partial charge on any atom is -0.358 e. The number of aryl methyl sites for hydroxylation is 5. The summed E-state index contributed by atoms with van der Waals surface area (Å²) in [6.45, 7) is 11.0. The molecule has 0 unspecified atom stereocenters. The van der Waals surface area contributed by atoms with E-state index in [1.165, 1.54) is 15.3 Å². The van der Waals surface area contributed by atoms with Gasteiger partial charge in [0.25, 0.3) is 0 Å². The lowest BCUT2D eigenvalue weighted by molar-refractivity contribution is -0.126. The van der Waals surface area contributed by atoms with Gasteiger partial charge in [-0.25, -0.2) is 8.42 Å². The fourth-order valence-corrected chi connectivity index (χ4v) is 6.89. The standard InChI is InChI=1S/C26H33N3O3S/c1-16-12-17(2)25(18(3)13-16)33(31,32)29-10-8-22(9-11-29)26(30)27-15-21-6-7-24-23(14-21)19(4)20(5)28-24/h6-7,12-14,22,28H,8-11,15H2,1-5H3,(H,27,30). The number of benzene rings is 2. The van der Waals surface area contributed by atoms with Crippen LogP contribution in [-0.2, 0) is 21.4 Å². The third-order valence-corrected chi connectivity index (χ3v) is 9.07. The van der Waals surface area contributed by atoms with E-state index in [-0.39, 0.29) is 11.8 Å². The number of aromatic nitrogens is 1. The highest BCUT2D eigenvalue weighted by atomic mass is 32.2. The van der Waals surface area contributed by atoms with Crippen LogP contribution in [0, 0.1) is 40.5 Å². The maximum atomic E-state index is 13.3. The van der Waals surface area contributed by atoms with Crippen LogP contribution in [-0.4, -0.2) is 36.7 Å². The molecule has 0 radical (unpaired) electrons. The van der Waals surface area contributed by atoms with E-state index in [9.17, 15) is 13.2 Å². The van der Waals surface area contributed by atoms with Gasteiger partial charge in [-0.3, -0.25) is 4.79 Å². The molecule has 2 N–H and O–H groups in total. The van der Waals surface area contributed by atoms with Crippen molar-refractivity contribution < 1.29 is 13.2 Å². The lowest BCUT2D eigenvalue weighted by Gasteiger charge is -2.31. The van der Waals surface area contributed by atoms with Crippen molar-refractivity contribution in [2.45, 2.75) is 58.9 Å². The predicted molar refractivity (Wildman–Crippen MR) is 132 cm³/mol. The zero-order valence-electron chi connectivity index (χ0n) is 20.1. The molecule has 176 valence electrons. The summed E-state index contributed by atoms with van der Waals surface area (Å²) >= 11 is 0. The number of nitrogens with zero attached hydrogens (tertiary/aromatic N) is 1. The average molecular weight is 468 g/mol. The number of hydrogen-bond acceptors (Lipinski definition) is 3. The molecule has 3 aromatic rings. The van der Waals surface area contributed by atoms with E-state index in [2.05, 4.69) is 36.3 Å². The van der Waals surface area contributed by atoms with Gasteiger partial charge in [-0.15, -0.1) is 0 Å². The van der Waals surface area contributed by atoms with Crippen LogP contribution in [0.5, 0.6) is 0 Å². The van der Waals surface area contributed by atoms with Crippen molar-refractivity contribution in [3.63, 3.8) is 0 Å². The lowest BCUT2D eigenvalue weighted by Crippen LogP contribution is -2.43. The van der Waals surface area contributed by atoms with Gasteiger partial charge < -0.3 is 10.3 Å². The van der Waals surface area contributed by atoms with Crippen LogP contribution >= 0.6 is 0 Å². The molecule has 1 aliphatic rings. The number of carbonyl (C=O) groups is 1. The molecular formula is C26H33N3O3S. The third-order valence-electron chi connectivity index (χ3n) is 6.87. The number of fused-ring (bicyclic) bond motifs is 1. The molecule has 1 amide bonds. The molecule has 33 heavy (non-hydrogen) atoms. The quantitative estimate of drug-likeness (QED) is 0.582. The lowest BCUT2D eigenvalue weighted by atomic mass is 9.97. The van der Waals surface area contributed by atoms with Crippen LogP contribution < -0.4 is 5.32 Å². The molecule has 0 saturated carbocycles. The number of rotatable bonds is 5. The minimum absolute atomic E-state index is 0.00295. The summed E-state index contributed by atoms with van der Waals surface area (Å²) in [5.41, 5.74) is 7.15. The normalized spacial score (nSPS) is 15.8. The SMILES string of the molecule is Cc1cc(C)c(S(=O)(=O)N2CCC(C(=O)NCc3ccc4[nH]c(C)c(C)c4c3)CC2)c(C)c1. The summed E-state index contributed by atoms with van der Waals surface area (Å²) in [6, 6.07) is 10.0. The maximum absolute atomic E-state index is 13.3. The minimum atomic E-state index is -3.57. The van der Waals surface area contributed by atoms with Crippen molar-refractivity contribution in [1.29, 1.82) is 0 Å². The van der Waals surface area contributed by atoms with E-state index in [4.69, 9.17) is 0 Å². The van der Waals surface area contributed by atoms with Crippen LogP contribution in [0.4, 0.5) is 0 Å². The second kappa shape index (κ2) is 8.95. The second-order valence-electron chi connectivity index (χ2n) is 9.38. The Balaban J connectivity index is 1.38. The number of amides is 1. The van der Waals surface area contributed by atoms with Crippen molar-refractivity contribution in [2.24, 2.45) is 5.92 Å². The summed E-state index contributed by atoms with van der Waals surface area (Å²) in [7, 11) is -3.57. The van der Waals surface area contributed by atoms with Crippen LogP contribution in [0.15, 0.2) is 35.2 Å². The van der Waals surface area contributed by atoms with Crippen molar-refractivity contribution >= 4 is 26.8 Å². The van der Waals surface area contributed by atoms with E-state index in [1.807, 2.05) is 39.0 Å². The number of carbonyl (C=O) groups excluding carboxylic acids is 1. The smallest absolute Gasteiger partial charge is 0.243 e. The van der Waals surface area contributed by atoms with Gasteiger partial charge in [-0.05, 0) is 81.8 Å². The number of hydrogen-bond donors (Lipinski definition) is 2. The van der Waals surface area contributed by atoms with E-state index in [0.717, 1.165) is 33.5 Å². The Bertz CT molecular complexity index is 1290. The molecule has 7 heteroatoms. The van der Waals surface area contributed by atoms with Crippen molar-refractivity contribution in [3.05, 3.63) is 63.8 Å². The molecule has 0 aliphatic carbocycles. The molecule has 1 aliphatic heterocycles. The number of nitrogens with one attached hydrogen (secondary N) is 2. The third kappa shape index (κ3) is 4.57. The van der Waals surface area contributed by atoms with Gasteiger partial charge in [0.2, 0.25) is 15.9 Å². The average Bonchev–Trinajstić information content (AvgIpc) is 3.04. The van der Waals surface area contributed by atoms with Crippen LogP contribution in [0.3, 0.4) is 0 Å². The molecule has 2 heterocycles. The molecule has 1 saturated heterocycles. The first-order valence-electron chi connectivity index (χ1n) is 11.5. The molecule has 6 nitrogen and oxygen atoms in total. The zero-order chi connectivity index (χ0) is 23.9. The fraction of sp³-hybridized carbons (Fsp3) is 0.423. The van der Waals surface area contributed by atoms with Crippen LogP contribution in [0.1, 0.15) is 46.4 Å². The van der Waals surface area contributed by atoms with Gasteiger partial charge in [0.15, 0.2) is 0 Å².